The van der Waals surface area contributed by atoms with Crippen molar-refractivity contribution in [1.29, 1.82) is 0 Å². The molecule has 7 heteroatoms. The summed E-state index contributed by atoms with van der Waals surface area (Å²) in [6.45, 7) is 5.78. The quantitative estimate of drug-likeness (QED) is 0.721. The van der Waals surface area contributed by atoms with E-state index < -0.39 is 0 Å². The molecule has 0 radical (unpaired) electrons. The standard InChI is InChI=1S/C18H25N5O2/c1-14-4-2-5-18(25)22(14)10-3-8-20-17(24)7-6-15-12-16-13-19-9-11-23(16)21-15/h2,4-5,12,19H,3,6-11,13H2,1H3,(H,20,24). The van der Waals surface area contributed by atoms with Crippen molar-refractivity contribution in [2.75, 3.05) is 13.1 Å². The highest BCUT2D eigenvalue weighted by Crippen LogP contribution is 2.09. The third-order valence-corrected chi connectivity index (χ3v) is 4.48. The molecular formula is C18H25N5O2. The molecule has 0 spiro atoms. The van der Waals surface area contributed by atoms with Crippen LogP contribution in [0.2, 0.25) is 0 Å². The van der Waals surface area contributed by atoms with Crippen molar-refractivity contribution in [3.8, 4) is 0 Å². The minimum atomic E-state index is 0.00423. The van der Waals surface area contributed by atoms with E-state index in [2.05, 4.69) is 21.8 Å². The summed E-state index contributed by atoms with van der Waals surface area (Å²) in [5.41, 5.74) is 3.10. The summed E-state index contributed by atoms with van der Waals surface area (Å²) in [4.78, 5) is 23.8. The Hall–Kier alpha value is -2.41. The van der Waals surface area contributed by atoms with Gasteiger partial charge in [0, 0.05) is 50.8 Å². The van der Waals surface area contributed by atoms with Crippen molar-refractivity contribution in [2.45, 2.75) is 45.8 Å². The van der Waals surface area contributed by atoms with Gasteiger partial charge in [0.1, 0.15) is 0 Å². The Kier molecular flexibility index (Phi) is 5.65. The van der Waals surface area contributed by atoms with Gasteiger partial charge >= 0.3 is 0 Å². The topological polar surface area (TPSA) is 81.0 Å². The fourth-order valence-electron chi connectivity index (χ4n) is 3.08. The van der Waals surface area contributed by atoms with Crippen molar-refractivity contribution in [3.05, 3.63) is 51.7 Å². The highest BCUT2D eigenvalue weighted by atomic mass is 16.1. The van der Waals surface area contributed by atoms with Gasteiger partial charge in [-0.2, -0.15) is 5.10 Å². The Morgan fingerprint density at radius 3 is 3.08 bits per heavy atom. The summed E-state index contributed by atoms with van der Waals surface area (Å²) in [5.74, 6) is 0.0289. The zero-order valence-electron chi connectivity index (χ0n) is 14.6. The summed E-state index contributed by atoms with van der Waals surface area (Å²) in [6.07, 6.45) is 1.83. The second-order valence-electron chi connectivity index (χ2n) is 6.39. The normalized spacial score (nSPS) is 13.5. The van der Waals surface area contributed by atoms with Crippen LogP contribution in [0.4, 0.5) is 0 Å². The van der Waals surface area contributed by atoms with Crippen LogP contribution in [0, 0.1) is 6.92 Å². The lowest BCUT2D eigenvalue weighted by atomic mass is 10.2. The fourth-order valence-corrected chi connectivity index (χ4v) is 3.08. The van der Waals surface area contributed by atoms with E-state index in [0.717, 1.165) is 37.4 Å². The molecule has 3 heterocycles. The molecule has 0 saturated carbocycles. The number of fused-ring (bicyclic) bond motifs is 1. The molecule has 3 rings (SSSR count). The summed E-state index contributed by atoms with van der Waals surface area (Å²) in [6, 6.07) is 7.31. The van der Waals surface area contributed by atoms with Gasteiger partial charge in [0.05, 0.1) is 17.9 Å². The number of aryl methyl sites for hydroxylation is 2. The van der Waals surface area contributed by atoms with Gasteiger partial charge in [-0.3, -0.25) is 14.3 Å². The number of nitrogens with zero attached hydrogens (tertiary/aromatic N) is 3. The number of hydrogen-bond acceptors (Lipinski definition) is 4. The number of aromatic nitrogens is 3. The van der Waals surface area contributed by atoms with E-state index in [1.54, 1.807) is 16.7 Å². The number of rotatable bonds is 7. The van der Waals surface area contributed by atoms with E-state index in [1.165, 1.54) is 5.69 Å². The predicted molar refractivity (Wildman–Crippen MR) is 95.3 cm³/mol. The molecule has 2 N–H and O–H groups in total. The molecule has 134 valence electrons. The molecule has 1 amide bonds. The van der Waals surface area contributed by atoms with Crippen LogP contribution in [-0.4, -0.2) is 33.3 Å². The monoisotopic (exact) mass is 343 g/mol. The molecule has 0 aliphatic carbocycles. The number of amides is 1. The van der Waals surface area contributed by atoms with E-state index in [1.807, 2.05) is 17.7 Å². The Bertz CT molecular complexity index is 770. The van der Waals surface area contributed by atoms with Gasteiger partial charge in [-0.15, -0.1) is 0 Å². The van der Waals surface area contributed by atoms with Gasteiger partial charge in [0.25, 0.3) is 5.56 Å². The van der Waals surface area contributed by atoms with Crippen molar-refractivity contribution < 1.29 is 4.79 Å². The molecule has 25 heavy (non-hydrogen) atoms. The van der Waals surface area contributed by atoms with Crippen LogP contribution < -0.4 is 16.2 Å². The minimum Gasteiger partial charge on any atom is -0.356 e. The summed E-state index contributed by atoms with van der Waals surface area (Å²) in [5, 5.41) is 10.8. The van der Waals surface area contributed by atoms with Crippen molar-refractivity contribution >= 4 is 5.91 Å². The molecule has 1 aliphatic rings. The largest absolute Gasteiger partial charge is 0.356 e. The van der Waals surface area contributed by atoms with Crippen LogP contribution in [0.5, 0.6) is 0 Å². The second-order valence-corrected chi connectivity index (χ2v) is 6.39. The first kappa shape index (κ1) is 17.4. The van der Waals surface area contributed by atoms with E-state index in [-0.39, 0.29) is 11.5 Å². The molecule has 2 aromatic heterocycles. The predicted octanol–water partition coefficient (Wildman–Crippen LogP) is 0.596. The molecular weight excluding hydrogens is 318 g/mol. The SMILES string of the molecule is Cc1cccc(=O)n1CCCNC(=O)CCc1cc2n(n1)CCNC2. The van der Waals surface area contributed by atoms with Gasteiger partial charge in [0.15, 0.2) is 0 Å². The number of hydrogen-bond donors (Lipinski definition) is 2. The molecule has 0 aromatic carbocycles. The Morgan fingerprint density at radius 2 is 2.28 bits per heavy atom. The lowest BCUT2D eigenvalue weighted by Gasteiger charge is -2.13. The highest BCUT2D eigenvalue weighted by molar-refractivity contribution is 5.76. The van der Waals surface area contributed by atoms with Crippen LogP contribution in [0.15, 0.2) is 29.1 Å². The Balaban J connectivity index is 1.38. The fraction of sp³-hybridized carbons (Fsp3) is 0.500. The van der Waals surface area contributed by atoms with E-state index in [4.69, 9.17) is 0 Å². The van der Waals surface area contributed by atoms with Crippen molar-refractivity contribution in [1.82, 2.24) is 25.0 Å². The van der Waals surface area contributed by atoms with Gasteiger partial charge in [0.2, 0.25) is 5.91 Å². The smallest absolute Gasteiger partial charge is 0.250 e. The molecule has 0 bridgehead atoms. The Labute approximate surface area is 147 Å². The van der Waals surface area contributed by atoms with E-state index in [9.17, 15) is 9.59 Å². The average molecular weight is 343 g/mol. The van der Waals surface area contributed by atoms with Crippen LogP contribution in [-0.2, 0) is 30.8 Å². The third-order valence-electron chi connectivity index (χ3n) is 4.48. The maximum atomic E-state index is 12.0. The zero-order valence-corrected chi connectivity index (χ0v) is 14.6. The van der Waals surface area contributed by atoms with E-state index >= 15 is 0 Å². The summed E-state index contributed by atoms with van der Waals surface area (Å²) >= 11 is 0. The zero-order chi connectivity index (χ0) is 17.6. The van der Waals surface area contributed by atoms with Gasteiger partial charge in [-0.05, 0) is 25.5 Å². The summed E-state index contributed by atoms with van der Waals surface area (Å²) in [7, 11) is 0. The molecule has 0 unspecified atom stereocenters. The van der Waals surface area contributed by atoms with Gasteiger partial charge in [-0.25, -0.2) is 0 Å². The first-order chi connectivity index (χ1) is 12.1. The number of carbonyl (C=O) groups excluding carboxylic acids is 1. The Morgan fingerprint density at radius 1 is 1.40 bits per heavy atom. The summed E-state index contributed by atoms with van der Waals surface area (Å²) < 4.78 is 3.75. The first-order valence-electron chi connectivity index (χ1n) is 8.83. The van der Waals surface area contributed by atoms with Gasteiger partial charge < -0.3 is 15.2 Å². The maximum Gasteiger partial charge on any atom is 0.250 e. The number of carbonyl (C=O) groups is 1. The van der Waals surface area contributed by atoms with E-state index in [0.29, 0.717) is 25.9 Å². The van der Waals surface area contributed by atoms with Crippen LogP contribution in [0.3, 0.4) is 0 Å². The van der Waals surface area contributed by atoms with Crippen LogP contribution in [0.1, 0.15) is 29.9 Å². The third kappa shape index (κ3) is 4.57. The molecule has 7 nitrogen and oxygen atoms in total. The molecule has 0 atom stereocenters. The highest BCUT2D eigenvalue weighted by Gasteiger charge is 2.12. The van der Waals surface area contributed by atoms with Gasteiger partial charge in [-0.1, -0.05) is 6.07 Å². The lowest BCUT2D eigenvalue weighted by molar-refractivity contribution is -0.121. The first-order valence-corrected chi connectivity index (χ1v) is 8.83. The molecule has 0 saturated heterocycles. The molecule has 1 aliphatic heterocycles. The number of pyridine rings is 1. The van der Waals surface area contributed by atoms with Crippen LogP contribution >= 0.6 is 0 Å². The number of nitrogens with one attached hydrogen (secondary N) is 2. The lowest BCUT2D eigenvalue weighted by Crippen LogP contribution is -2.28. The maximum absolute atomic E-state index is 12.0. The van der Waals surface area contributed by atoms with Crippen LogP contribution in [0.25, 0.3) is 0 Å². The molecule has 2 aromatic rings. The minimum absolute atomic E-state index is 0.00423. The average Bonchev–Trinajstić information content (AvgIpc) is 3.02. The second kappa shape index (κ2) is 8.11. The molecule has 0 fully saturated rings. The van der Waals surface area contributed by atoms with Crippen molar-refractivity contribution in [3.63, 3.8) is 0 Å². The van der Waals surface area contributed by atoms with Crippen molar-refractivity contribution in [2.24, 2.45) is 0 Å².